The summed E-state index contributed by atoms with van der Waals surface area (Å²) in [5.74, 6) is -0.648. The van der Waals surface area contributed by atoms with Crippen molar-refractivity contribution < 1.29 is 18.0 Å². The molecule has 0 spiro atoms. The van der Waals surface area contributed by atoms with Crippen LogP contribution in [0, 0.1) is 0 Å². The number of fused-ring (bicyclic) bond motifs is 1. The normalized spacial score (nSPS) is 14.9. The van der Waals surface area contributed by atoms with Gasteiger partial charge in [0.15, 0.2) is 0 Å². The fourth-order valence-corrected chi connectivity index (χ4v) is 4.09. The largest absolute Gasteiger partial charge is 0.405 e. The summed E-state index contributed by atoms with van der Waals surface area (Å²) in [5, 5.41) is 3.62. The van der Waals surface area contributed by atoms with Crippen molar-refractivity contribution in [1.82, 2.24) is 15.2 Å². The molecular formula is C18H20F3N3OS. The summed E-state index contributed by atoms with van der Waals surface area (Å²) in [6.07, 6.45) is -0.906. The first-order valence-corrected chi connectivity index (χ1v) is 9.34. The van der Waals surface area contributed by atoms with Crippen molar-refractivity contribution in [2.75, 3.05) is 13.1 Å². The molecule has 0 saturated carbocycles. The third kappa shape index (κ3) is 4.62. The Hall–Kier alpha value is -1.93. The molecule has 0 aromatic carbocycles. The number of aryl methyl sites for hydroxylation is 1. The molecule has 1 N–H and O–H groups in total. The Kier molecular flexibility index (Phi) is 5.62. The molecule has 3 rings (SSSR count). The van der Waals surface area contributed by atoms with Crippen molar-refractivity contribution in [3.63, 3.8) is 0 Å². The van der Waals surface area contributed by atoms with Gasteiger partial charge in [-0.25, -0.2) is 0 Å². The Morgan fingerprint density at radius 3 is 2.85 bits per heavy atom. The molecule has 140 valence electrons. The molecule has 3 heterocycles. The summed E-state index contributed by atoms with van der Waals surface area (Å²) < 4.78 is 36.8. The molecule has 1 aliphatic rings. The molecule has 8 heteroatoms. The number of alkyl halides is 3. The van der Waals surface area contributed by atoms with Crippen LogP contribution in [0.4, 0.5) is 13.2 Å². The van der Waals surface area contributed by atoms with E-state index in [0.717, 1.165) is 35.6 Å². The number of carbonyl (C=O) groups excluding carboxylic acids is 1. The zero-order chi connectivity index (χ0) is 18.7. The predicted octanol–water partition coefficient (Wildman–Crippen LogP) is 3.56. The highest BCUT2D eigenvalue weighted by molar-refractivity contribution is 7.10. The van der Waals surface area contributed by atoms with E-state index in [0.29, 0.717) is 18.5 Å². The number of amides is 1. The van der Waals surface area contributed by atoms with E-state index in [2.05, 4.69) is 22.9 Å². The number of hydrogen-bond donors (Lipinski definition) is 1. The average Bonchev–Trinajstić information content (AvgIpc) is 3.03. The molecule has 0 saturated heterocycles. The third-order valence-corrected chi connectivity index (χ3v) is 5.41. The molecule has 0 atom stereocenters. The zero-order valence-corrected chi connectivity index (χ0v) is 15.2. The fourth-order valence-electron chi connectivity index (χ4n) is 2.97. The Labute approximate surface area is 154 Å². The summed E-state index contributed by atoms with van der Waals surface area (Å²) in [6.45, 7) is 2.94. The molecule has 1 aliphatic heterocycles. The molecule has 2 aromatic heterocycles. The summed E-state index contributed by atoms with van der Waals surface area (Å²) in [5.41, 5.74) is 3.44. The van der Waals surface area contributed by atoms with Crippen molar-refractivity contribution in [3.8, 4) is 0 Å². The minimum absolute atomic E-state index is 0.374. The Balaban J connectivity index is 1.62. The molecule has 0 aliphatic carbocycles. The van der Waals surface area contributed by atoms with Gasteiger partial charge in [0.2, 0.25) is 0 Å². The summed E-state index contributed by atoms with van der Waals surface area (Å²) in [4.78, 5) is 19.8. The quantitative estimate of drug-likeness (QED) is 0.859. The number of rotatable bonds is 5. The highest BCUT2D eigenvalue weighted by atomic mass is 32.1. The van der Waals surface area contributed by atoms with Gasteiger partial charge in [-0.15, -0.1) is 11.3 Å². The number of halogens is 3. The maximum atomic E-state index is 12.3. The predicted molar refractivity (Wildman–Crippen MR) is 94.1 cm³/mol. The number of nitrogens with zero attached hydrogens (tertiary/aromatic N) is 2. The molecule has 0 fully saturated rings. The number of nitrogens with one attached hydrogen (secondary N) is 1. The SMILES string of the molecule is CCc1ccc(CN2CCc3c(C(=O)NCC(F)(F)F)csc3C2)nc1. The van der Waals surface area contributed by atoms with Crippen molar-refractivity contribution in [2.24, 2.45) is 0 Å². The smallest absolute Gasteiger partial charge is 0.343 e. The maximum absolute atomic E-state index is 12.3. The van der Waals surface area contributed by atoms with Gasteiger partial charge in [-0.3, -0.25) is 14.7 Å². The van der Waals surface area contributed by atoms with Crippen LogP contribution in [0.2, 0.25) is 0 Å². The lowest BCUT2D eigenvalue weighted by atomic mass is 10.0. The number of carbonyl (C=O) groups is 1. The Morgan fingerprint density at radius 2 is 2.19 bits per heavy atom. The van der Waals surface area contributed by atoms with Gasteiger partial charge in [0, 0.05) is 36.1 Å². The van der Waals surface area contributed by atoms with Gasteiger partial charge in [-0.05, 0) is 30.0 Å². The maximum Gasteiger partial charge on any atom is 0.405 e. The number of aromatic nitrogens is 1. The van der Waals surface area contributed by atoms with Crippen LogP contribution < -0.4 is 5.32 Å². The van der Waals surface area contributed by atoms with Gasteiger partial charge in [0.05, 0.1) is 11.3 Å². The van der Waals surface area contributed by atoms with Crippen LogP contribution in [0.1, 0.15) is 39.0 Å². The molecule has 26 heavy (non-hydrogen) atoms. The number of hydrogen-bond acceptors (Lipinski definition) is 4. The zero-order valence-electron chi connectivity index (χ0n) is 14.4. The van der Waals surface area contributed by atoms with Crippen LogP contribution in [0.5, 0.6) is 0 Å². The van der Waals surface area contributed by atoms with Gasteiger partial charge >= 0.3 is 6.18 Å². The van der Waals surface area contributed by atoms with E-state index < -0.39 is 18.6 Å². The van der Waals surface area contributed by atoms with Gasteiger partial charge in [-0.1, -0.05) is 13.0 Å². The first-order chi connectivity index (χ1) is 12.4. The molecular weight excluding hydrogens is 363 g/mol. The minimum Gasteiger partial charge on any atom is -0.343 e. The number of pyridine rings is 1. The van der Waals surface area contributed by atoms with Crippen LogP contribution in [-0.2, 0) is 25.9 Å². The van der Waals surface area contributed by atoms with Crippen molar-refractivity contribution in [2.45, 2.75) is 39.0 Å². The first-order valence-electron chi connectivity index (χ1n) is 8.46. The standard InChI is InChI=1S/C18H20F3N3OS/c1-2-12-3-4-13(22-7-12)8-24-6-5-14-15(10-26-16(14)9-24)17(25)23-11-18(19,20)21/h3-4,7,10H,2,5-6,8-9,11H2,1H3,(H,23,25). The van der Waals surface area contributed by atoms with E-state index in [1.165, 1.54) is 16.9 Å². The molecule has 1 amide bonds. The molecule has 0 bridgehead atoms. The van der Waals surface area contributed by atoms with E-state index in [9.17, 15) is 18.0 Å². The summed E-state index contributed by atoms with van der Waals surface area (Å²) in [6, 6.07) is 4.10. The topological polar surface area (TPSA) is 45.2 Å². The van der Waals surface area contributed by atoms with Gasteiger partial charge in [0.1, 0.15) is 6.54 Å². The van der Waals surface area contributed by atoms with E-state index in [1.54, 1.807) is 5.38 Å². The summed E-state index contributed by atoms with van der Waals surface area (Å²) in [7, 11) is 0. The monoisotopic (exact) mass is 383 g/mol. The molecule has 4 nitrogen and oxygen atoms in total. The highest BCUT2D eigenvalue weighted by Gasteiger charge is 2.29. The summed E-state index contributed by atoms with van der Waals surface area (Å²) >= 11 is 1.43. The first kappa shape index (κ1) is 18.8. The fraction of sp³-hybridized carbons (Fsp3) is 0.444. The molecule has 2 aromatic rings. The molecule has 0 unspecified atom stereocenters. The second kappa shape index (κ2) is 7.75. The molecule has 0 radical (unpaired) electrons. The third-order valence-electron chi connectivity index (χ3n) is 4.40. The number of thiophene rings is 1. The second-order valence-electron chi connectivity index (χ2n) is 6.32. The van der Waals surface area contributed by atoms with E-state index in [1.807, 2.05) is 17.6 Å². The minimum atomic E-state index is -4.40. The average molecular weight is 383 g/mol. The second-order valence-corrected chi connectivity index (χ2v) is 7.29. The lowest BCUT2D eigenvalue weighted by Crippen LogP contribution is -2.35. The van der Waals surface area contributed by atoms with Gasteiger partial charge < -0.3 is 5.32 Å². The Bertz CT molecular complexity index is 771. The van der Waals surface area contributed by atoms with E-state index >= 15 is 0 Å². The Morgan fingerprint density at radius 1 is 1.38 bits per heavy atom. The van der Waals surface area contributed by atoms with Crippen LogP contribution >= 0.6 is 11.3 Å². The highest BCUT2D eigenvalue weighted by Crippen LogP contribution is 2.29. The lowest BCUT2D eigenvalue weighted by molar-refractivity contribution is -0.123. The van der Waals surface area contributed by atoms with Gasteiger partial charge in [-0.2, -0.15) is 13.2 Å². The van der Waals surface area contributed by atoms with Crippen LogP contribution in [-0.4, -0.2) is 35.1 Å². The van der Waals surface area contributed by atoms with Crippen molar-refractivity contribution in [3.05, 3.63) is 51.0 Å². The van der Waals surface area contributed by atoms with Crippen LogP contribution in [0.25, 0.3) is 0 Å². The van der Waals surface area contributed by atoms with Crippen molar-refractivity contribution in [1.29, 1.82) is 0 Å². The van der Waals surface area contributed by atoms with E-state index in [4.69, 9.17) is 0 Å². The van der Waals surface area contributed by atoms with Gasteiger partial charge in [0.25, 0.3) is 5.91 Å². The van der Waals surface area contributed by atoms with Crippen molar-refractivity contribution >= 4 is 17.2 Å². The lowest BCUT2D eigenvalue weighted by Gasteiger charge is -2.27. The van der Waals surface area contributed by atoms with E-state index in [-0.39, 0.29) is 0 Å². The van der Waals surface area contributed by atoms with Crippen LogP contribution in [0.3, 0.4) is 0 Å². The van der Waals surface area contributed by atoms with Crippen LogP contribution in [0.15, 0.2) is 23.7 Å².